The topological polar surface area (TPSA) is 135 Å². The van der Waals surface area contributed by atoms with Crippen LogP contribution in [0.15, 0.2) is 12.5 Å². The Balaban J connectivity index is 0.000000256. The van der Waals surface area contributed by atoms with Crippen molar-refractivity contribution in [2.45, 2.75) is 25.4 Å². The number of nitrogens with one attached hydrogen (secondary N) is 1. The van der Waals surface area contributed by atoms with Gasteiger partial charge in [-0.25, -0.2) is 14.8 Å². The number of carboxylic acids is 1. The van der Waals surface area contributed by atoms with Crippen LogP contribution in [0.5, 0.6) is 0 Å². The molecule has 2 heterocycles. The minimum Gasteiger partial charge on any atom is -0.475 e. The normalized spacial score (nSPS) is 13.0. The number of nitrogens with zero attached hydrogens (tertiary/aromatic N) is 3. The highest BCUT2D eigenvalue weighted by molar-refractivity contribution is 5.94. The number of hydrogen-bond acceptors (Lipinski definition) is 5. The van der Waals surface area contributed by atoms with E-state index in [9.17, 15) is 18.0 Å². The van der Waals surface area contributed by atoms with Gasteiger partial charge in [0, 0.05) is 11.8 Å². The summed E-state index contributed by atoms with van der Waals surface area (Å²) in [5.41, 5.74) is 9.20. The first kappa shape index (κ1) is 17.4. The third kappa shape index (κ3) is 3.67. The Morgan fingerprint density at radius 3 is 2.54 bits per heavy atom. The number of fused-ring (bicyclic) bond motifs is 3. The van der Waals surface area contributed by atoms with E-state index in [1.165, 1.54) is 6.33 Å². The van der Waals surface area contributed by atoms with Crippen LogP contribution in [0, 0.1) is 0 Å². The fourth-order valence-corrected chi connectivity index (χ4v) is 2.23. The molecule has 0 aliphatic heterocycles. The summed E-state index contributed by atoms with van der Waals surface area (Å²) in [6.07, 6.45) is 0.839. The van der Waals surface area contributed by atoms with Crippen LogP contribution in [0.2, 0.25) is 0 Å². The molecule has 2 aromatic rings. The van der Waals surface area contributed by atoms with Crippen molar-refractivity contribution in [2.75, 3.05) is 0 Å². The number of amides is 1. The van der Waals surface area contributed by atoms with Crippen molar-refractivity contribution in [3.63, 3.8) is 0 Å². The van der Waals surface area contributed by atoms with E-state index in [4.69, 9.17) is 15.6 Å². The lowest BCUT2D eigenvalue weighted by Gasteiger charge is -2.01. The zero-order valence-corrected chi connectivity index (χ0v) is 12.1. The van der Waals surface area contributed by atoms with E-state index in [2.05, 4.69) is 20.2 Å². The third-order valence-electron chi connectivity index (χ3n) is 3.24. The van der Waals surface area contributed by atoms with Crippen molar-refractivity contribution < 1.29 is 27.9 Å². The van der Waals surface area contributed by atoms with Crippen molar-refractivity contribution in [2.24, 2.45) is 5.73 Å². The summed E-state index contributed by atoms with van der Waals surface area (Å²) in [5, 5.41) is 14.0. The van der Waals surface area contributed by atoms with Crippen molar-refractivity contribution in [3.05, 3.63) is 29.3 Å². The number of H-pyrrole nitrogens is 1. The smallest absolute Gasteiger partial charge is 0.475 e. The molecule has 1 aliphatic rings. The van der Waals surface area contributed by atoms with E-state index in [1.54, 1.807) is 0 Å². The number of aliphatic carboxylic acids is 1. The SMILES string of the molecule is NC(=O)c1n[nH]c2c1CCCc1cncnc1-2.O=C(O)C(F)(F)F. The standard InChI is InChI=1S/C11H11N5O.C2HF3O2/c12-11(17)10-7-3-1-2-6-4-13-5-14-8(6)9(7)15-16-10;3-2(4,5)1(6)7/h4-5H,1-3H2,(H2,12,17)(H,15,16);(H,6,7). The second kappa shape index (κ2) is 6.64. The predicted molar refractivity (Wildman–Crippen MR) is 73.8 cm³/mol. The van der Waals surface area contributed by atoms with E-state index in [0.29, 0.717) is 5.69 Å². The minimum atomic E-state index is -5.08. The first-order valence-corrected chi connectivity index (χ1v) is 6.68. The maximum Gasteiger partial charge on any atom is 0.490 e. The molecule has 0 atom stereocenters. The van der Waals surface area contributed by atoms with Gasteiger partial charge in [0.25, 0.3) is 5.91 Å². The second-order valence-electron chi connectivity index (χ2n) is 4.84. The summed E-state index contributed by atoms with van der Waals surface area (Å²) < 4.78 is 31.7. The molecule has 4 N–H and O–H groups in total. The van der Waals surface area contributed by atoms with Gasteiger partial charge in [-0.2, -0.15) is 18.3 Å². The molecule has 11 heteroatoms. The molecule has 0 saturated carbocycles. The van der Waals surface area contributed by atoms with E-state index < -0.39 is 18.1 Å². The quantitative estimate of drug-likeness (QED) is 0.709. The Kier molecular flexibility index (Phi) is 4.81. The van der Waals surface area contributed by atoms with Crippen LogP contribution >= 0.6 is 0 Å². The number of carbonyl (C=O) groups excluding carboxylic acids is 1. The highest BCUT2D eigenvalue weighted by atomic mass is 19.4. The average Bonchev–Trinajstić information content (AvgIpc) is 2.83. The van der Waals surface area contributed by atoms with Gasteiger partial charge in [0.2, 0.25) is 0 Å². The van der Waals surface area contributed by atoms with Gasteiger partial charge in [0.15, 0.2) is 5.69 Å². The number of nitrogens with two attached hydrogens (primary N) is 1. The first-order valence-electron chi connectivity index (χ1n) is 6.68. The van der Waals surface area contributed by atoms with E-state index in [-0.39, 0.29) is 0 Å². The Hall–Kier alpha value is -2.98. The van der Waals surface area contributed by atoms with Crippen LogP contribution < -0.4 is 5.73 Å². The molecular weight excluding hydrogens is 331 g/mol. The summed E-state index contributed by atoms with van der Waals surface area (Å²) >= 11 is 0. The summed E-state index contributed by atoms with van der Waals surface area (Å²) in [6, 6.07) is 0. The summed E-state index contributed by atoms with van der Waals surface area (Å²) in [6.45, 7) is 0. The molecule has 128 valence electrons. The molecule has 0 fully saturated rings. The summed E-state index contributed by atoms with van der Waals surface area (Å²) in [4.78, 5) is 28.4. The lowest BCUT2D eigenvalue weighted by atomic mass is 10.1. The number of aromatic amines is 1. The number of halogens is 3. The fourth-order valence-electron chi connectivity index (χ4n) is 2.23. The third-order valence-corrected chi connectivity index (χ3v) is 3.24. The lowest BCUT2D eigenvalue weighted by molar-refractivity contribution is -0.192. The zero-order valence-electron chi connectivity index (χ0n) is 12.1. The second-order valence-corrected chi connectivity index (χ2v) is 4.84. The Morgan fingerprint density at radius 2 is 1.96 bits per heavy atom. The fraction of sp³-hybridized carbons (Fsp3) is 0.308. The Morgan fingerprint density at radius 1 is 1.29 bits per heavy atom. The van der Waals surface area contributed by atoms with E-state index in [1.807, 2.05) is 6.20 Å². The molecule has 3 rings (SSSR count). The van der Waals surface area contributed by atoms with Crippen LogP contribution in [0.3, 0.4) is 0 Å². The molecule has 0 saturated heterocycles. The van der Waals surface area contributed by atoms with Gasteiger partial charge >= 0.3 is 12.1 Å². The molecule has 1 amide bonds. The molecule has 0 unspecified atom stereocenters. The number of primary amides is 1. The largest absolute Gasteiger partial charge is 0.490 e. The molecule has 8 nitrogen and oxygen atoms in total. The lowest BCUT2D eigenvalue weighted by Crippen LogP contribution is -2.21. The highest BCUT2D eigenvalue weighted by Gasteiger charge is 2.38. The number of alkyl halides is 3. The van der Waals surface area contributed by atoms with Crippen molar-refractivity contribution in [1.82, 2.24) is 20.2 Å². The number of aryl methyl sites for hydroxylation is 1. The number of rotatable bonds is 1. The molecule has 0 spiro atoms. The number of aromatic nitrogens is 4. The van der Waals surface area contributed by atoms with E-state index in [0.717, 1.165) is 41.8 Å². The minimum absolute atomic E-state index is 0.325. The summed E-state index contributed by atoms with van der Waals surface area (Å²) in [5.74, 6) is -3.26. The van der Waals surface area contributed by atoms with Crippen molar-refractivity contribution in [1.29, 1.82) is 0 Å². The van der Waals surface area contributed by atoms with Crippen LogP contribution in [0.4, 0.5) is 13.2 Å². The van der Waals surface area contributed by atoms with Gasteiger partial charge < -0.3 is 10.8 Å². The first-order chi connectivity index (χ1) is 11.2. The van der Waals surface area contributed by atoms with E-state index >= 15 is 0 Å². The Labute approximate surface area is 132 Å². The average molecular weight is 343 g/mol. The monoisotopic (exact) mass is 343 g/mol. The van der Waals surface area contributed by atoms with Crippen LogP contribution in [0.1, 0.15) is 28.0 Å². The predicted octanol–water partition coefficient (Wildman–Crippen LogP) is 1.09. The molecule has 2 aromatic heterocycles. The summed E-state index contributed by atoms with van der Waals surface area (Å²) in [7, 11) is 0. The highest BCUT2D eigenvalue weighted by Crippen LogP contribution is 2.30. The van der Waals surface area contributed by atoms with Crippen molar-refractivity contribution in [3.8, 4) is 11.4 Å². The Bertz CT molecular complexity index is 772. The van der Waals surface area contributed by atoms with Gasteiger partial charge in [0.05, 0.1) is 11.4 Å². The molecule has 0 bridgehead atoms. The van der Waals surface area contributed by atoms with Crippen LogP contribution in [-0.2, 0) is 17.6 Å². The number of hydrogen-bond donors (Lipinski definition) is 3. The van der Waals surface area contributed by atoms with Crippen LogP contribution in [-0.4, -0.2) is 43.3 Å². The van der Waals surface area contributed by atoms with Gasteiger partial charge in [-0.05, 0) is 24.8 Å². The van der Waals surface area contributed by atoms with Gasteiger partial charge in [0.1, 0.15) is 6.33 Å². The molecular formula is C13H12F3N5O3. The van der Waals surface area contributed by atoms with Gasteiger partial charge in [-0.1, -0.05) is 0 Å². The maximum absolute atomic E-state index is 11.3. The molecule has 24 heavy (non-hydrogen) atoms. The zero-order chi connectivity index (χ0) is 17.9. The molecule has 0 aromatic carbocycles. The molecule has 0 radical (unpaired) electrons. The van der Waals surface area contributed by atoms with Crippen LogP contribution in [0.25, 0.3) is 11.4 Å². The van der Waals surface area contributed by atoms with Gasteiger partial charge in [-0.3, -0.25) is 9.89 Å². The number of carboxylic acid groups (broad SMARTS) is 1. The number of carbonyl (C=O) groups is 2. The van der Waals surface area contributed by atoms with Gasteiger partial charge in [-0.15, -0.1) is 0 Å². The maximum atomic E-state index is 11.3. The van der Waals surface area contributed by atoms with Crippen molar-refractivity contribution >= 4 is 11.9 Å². The molecule has 1 aliphatic carbocycles.